The zero-order chi connectivity index (χ0) is 12.8. The number of ether oxygens (including phenoxy) is 2. The number of benzene rings is 1. The van der Waals surface area contributed by atoms with Crippen LogP contribution < -0.4 is 15.2 Å². The van der Waals surface area contributed by atoms with Crippen LogP contribution in [0.3, 0.4) is 0 Å². The van der Waals surface area contributed by atoms with Gasteiger partial charge in [0.15, 0.2) is 11.5 Å². The van der Waals surface area contributed by atoms with Crippen LogP contribution in [0.2, 0.25) is 0 Å². The molecular weight excluding hydrogens is 238 g/mol. The molecule has 0 spiro atoms. The minimum Gasteiger partial charge on any atom is -0.490 e. The van der Waals surface area contributed by atoms with Crippen molar-refractivity contribution < 1.29 is 9.47 Å². The minimum atomic E-state index is 0.157. The van der Waals surface area contributed by atoms with Crippen LogP contribution >= 0.6 is 0 Å². The van der Waals surface area contributed by atoms with Gasteiger partial charge in [0.2, 0.25) is 0 Å². The lowest BCUT2D eigenvalue weighted by atomic mass is 9.90. The molecule has 0 saturated heterocycles. The highest BCUT2D eigenvalue weighted by molar-refractivity contribution is 5.44. The van der Waals surface area contributed by atoms with Gasteiger partial charge in [0.1, 0.15) is 0 Å². The summed E-state index contributed by atoms with van der Waals surface area (Å²) in [4.78, 5) is 0. The second-order valence-corrected chi connectivity index (χ2v) is 6.27. The molecule has 1 aliphatic heterocycles. The van der Waals surface area contributed by atoms with Crippen LogP contribution in [-0.4, -0.2) is 13.2 Å². The van der Waals surface area contributed by atoms with E-state index in [9.17, 15) is 0 Å². The maximum Gasteiger partial charge on any atom is 0.161 e. The van der Waals surface area contributed by atoms with Crippen molar-refractivity contribution in [3.8, 4) is 11.5 Å². The number of hydrogen-bond acceptors (Lipinski definition) is 3. The first-order chi connectivity index (χ1) is 9.31. The smallest absolute Gasteiger partial charge is 0.161 e. The van der Waals surface area contributed by atoms with Crippen LogP contribution in [0.4, 0.5) is 0 Å². The van der Waals surface area contributed by atoms with Crippen molar-refractivity contribution in [3.05, 3.63) is 23.8 Å². The Morgan fingerprint density at radius 3 is 2.53 bits per heavy atom. The Bertz CT molecular complexity index is 478. The summed E-state index contributed by atoms with van der Waals surface area (Å²) in [6.07, 6.45) is 5.03. The molecule has 1 heterocycles. The molecule has 102 valence electrons. The lowest BCUT2D eigenvalue weighted by Crippen LogP contribution is -2.20. The second-order valence-electron chi connectivity index (χ2n) is 6.27. The van der Waals surface area contributed by atoms with E-state index in [1.165, 1.54) is 24.8 Å². The summed E-state index contributed by atoms with van der Waals surface area (Å²) >= 11 is 0. The molecule has 1 aromatic rings. The van der Waals surface area contributed by atoms with E-state index < -0.39 is 0 Å². The molecule has 2 fully saturated rings. The number of rotatable bonds is 2. The van der Waals surface area contributed by atoms with Crippen molar-refractivity contribution in [1.82, 2.24) is 0 Å². The van der Waals surface area contributed by atoms with Crippen molar-refractivity contribution in [2.24, 2.45) is 23.5 Å². The molecule has 4 rings (SSSR count). The van der Waals surface area contributed by atoms with Gasteiger partial charge >= 0.3 is 0 Å². The van der Waals surface area contributed by atoms with Gasteiger partial charge in [-0.2, -0.15) is 0 Å². The Balaban J connectivity index is 1.55. The van der Waals surface area contributed by atoms with Gasteiger partial charge < -0.3 is 15.2 Å². The zero-order valence-electron chi connectivity index (χ0n) is 11.2. The molecule has 2 N–H and O–H groups in total. The summed E-state index contributed by atoms with van der Waals surface area (Å²) in [5.41, 5.74) is 7.66. The molecule has 1 aromatic carbocycles. The Morgan fingerprint density at radius 1 is 1.00 bits per heavy atom. The van der Waals surface area contributed by atoms with Crippen molar-refractivity contribution in [2.75, 3.05) is 13.2 Å². The van der Waals surface area contributed by atoms with Crippen LogP contribution in [0.15, 0.2) is 18.2 Å². The first-order valence-corrected chi connectivity index (χ1v) is 7.46. The van der Waals surface area contributed by atoms with Crippen molar-refractivity contribution >= 4 is 0 Å². The molecule has 3 nitrogen and oxygen atoms in total. The molecule has 2 saturated carbocycles. The van der Waals surface area contributed by atoms with Crippen LogP contribution in [0.5, 0.6) is 11.5 Å². The Morgan fingerprint density at radius 2 is 1.74 bits per heavy atom. The first-order valence-electron chi connectivity index (χ1n) is 7.46. The van der Waals surface area contributed by atoms with Gasteiger partial charge in [-0.25, -0.2) is 0 Å². The van der Waals surface area contributed by atoms with Gasteiger partial charge in [0.05, 0.1) is 13.2 Å². The van der Waals surface area contributed by atoms with Crippen LogP contribution in [0, 0.1) is 17.8 Å². The fourth-order valence-corrected chi connectivity index (χ4v) is 3.71. The third kappa shape index (κ3) is 2.10. The quantitative estimate of drug-likeness (QED) is 0.888. The van der Waals surface area contributed by atoms with Crippen molar-refractivity contribution in [1.29, 1.82) is 0 Å². The van der Waals surface area contributed by atoms with Gasteiger partial charge in [-0.05, 0) is 54.7 Å². The van der Waals surface area contributed by atoms with Crippen LogP contribution in [-0.2, 0) is 0 Å². The number of fused-ring (bicyclic) bond motifs is 2. The standard InChI is InChI=1S/C16H21NO2/c17-16(13-7-11-6-12(11)8-13)10-2-3-14-15(9-10)19-5-1-4-18-14/h2-3,9,11-13,16H,1,4-8,17H2. The fourth-order valence-electron chi connectivity index (χ4n) is 3.71. The van der Waals surface area contributed by atoms with E-state index in [4.69, 9.17) is 15.2 Å². The van der Waals surface area contributed by atoms with Gasteiger partial charge in [0, 0.05) is 12.5 Å². The predicted molar refractivity (Wildman–Crippen MR) is 73.3 cm³/mol. The SMILES string of the molecule is NC(c1ccc2c(c1)OCCCO2)C1CC2CC2C1. The van der Waals surface area contributed by atoms with Crippen molar-refractivity contribution in [3.63, 3.8) is 0 Å². The first kappa shape index (κ1) is 11.6. The van der Waals surface area contributed by atoms with E-state index >= 15 is 0 Å². The molecule has 0 bridgehead atoms. The van der Waals surface area contributed by atoms with E-state index in [1.807, 2.05) is 6.07 Å². The Kier molecular flexibility index (Phi) is 2.69. The molecule has 0 amide bonds. The van der Waals surface area contributed by atoms with Crippen LogP contribution in [0.1, 0.15) is 37.3 Å². The predicted octanol–water partition coefficient (Wildman–Crippen LogP) is 2.89. The average Bonchev–Trinajstić information content (AvgIpc) is 3.12. The second kappa shape index (κ2) is 4.41. The Hall–Kier alpha value is -1.22. The molecule has 0 radical (unpaired) electrons. The monoisotopic (exact) mass is 259 g/mol. The molecule has 3 heteroatoms. The molecule has 19 heavy (non-hydrogen) atoms. The topological polar surface area (TPSA) is 44.5 Å². The van der Waals surface area contributed by atoms with Gasteiger partial charge in [0.25, 0.3) is 0 Å². The maximum absolute atomic E-state index is 6.46. The normalized spacial score (nSPS) is 33.4. The summed E-state index contributed by atoms with van der Waals surface area (Å²) < 4.78 is 11.4. The van der Waals surface area contributed by atoms with Crippen molar-refractivity contribution in [2.45, 2.75) is 31.7 Å². The third-order valence-electron chi connectivity index (χ3n) is 4.94. The fraction of sp³-hybridized carbons (Fsp3) is 0.625. The van der Waals surface area contributed by atoms with Crippen LogP contribution in [0.25, 0.3) is 0 Å². The molecule has 3 atom stereocenters. The summed E-state index contributed by atoms with van der Waals surface area (Å²) in [6.45, 7) is 1.48. The minimum absolute atomic E-state index is 0.157. The largest absolute Gasteiger partial charge is 0.490 e. The molecule has 0 aromatic heterocycles. The van der Waals surface area contributed by atoms with E-state index in [0.717, 1.165) is 43.0 Å². The summed E-state index contributed by atoms with van der Waals surface area (Å²) in [7, 11) is 0. The number of nitrogens with two attached hydrogens (primary N) is 1. The summed E-state index contributed by atoms with van der Waals surface area (Å²) in [5, 5.41) is 0. The highest BCUT2D eigenvalue weighted by Crippen LogP contribution is 2.56. The average molecular weight is 259 g/mol. The zero-order valence-corrected chi connectivity index (χ0v) is 11.2. The molecular formula is C16H21NO2. The third-order valence-corrected chi connectivity index (χ3v) is 4.94. The maximum atomic E-state index is 6.46. The Labute approximate surface area is 114 Å². The molecule has 3 aliphatic rings. The van der Waals surface area contributed by atoms with E-state index in [1.54, 1.807) is 0 Å². The highest BCUT2D eigenvalue weighted by atomic mass is 16.5. The summed E-state index contributed by atoms with van der Waals surface area (Å²) in [6, 6.07) is 6.38. The van der Waals surface area contributed by atoms with Gasteiger partial charge in [-0.1, -0.05) is 6.07 Å². The highest BCUT2D eigenvalue weighted by Gasteiger charge is 2.47. The van der Waals surface area contributed by atoms with Gasteiger partial charge in [-0.15, -0.1) is 0 Å². The van der Waals surface area contributed by atoms with E-state index in [2.05, 4.69) is 12.1 Å². The molecule has 3 unspecified atom stereocenters. The lowest BCUT2D eigenvalue weighted by molar-refractivity contribution is 0.296. The molecule has 2 aliphatic carbocycles. The van der Waals surface area contributed by atoms with Gasteiger partial charge in [-0.3, -0.25) is 0 Å². The van der Waals surface area contributed by atoms with E-state index in [0.29, 0.717) is 5.92 Å². The lowest BCUT2D eigenvalue weighted by Gasteiger charge is -2.22. The van der Waals surface area contributed by atoms with E-state index in [-0.39, 0.29) is 6.04 Å². The number of hydrogen-bond donors (Lipinski definition) is 1. The summed E-state index contributed by atoms with van der Waals surface area (Å²) in [5.74, 6) is 4.36.